The Hall–Kier alpha value is -9.17. The largest absolute Gasteiger partial charge is 0.493 e. The smallest absolute Gasteiger partial charge is 0.258 e. The number of benzene rings is 4. The molecule has 4 aromatic carbocycles. The van der Waals surface area contributed by atoms with Gasteiger partial charge in [-0.1, -0.05) is 47.5 Å². The van der Waals surface area contributed by atoms with Crippen LogP contribution in [0.15, 0.2) is 159 Å². The maximum absolute atomic E-state index is 13.6. The van der Waals surface area contributed by atoms with E-state index in [4.69, 9.17) is 42.1 Å². The number of halogens is 4. The third-order valence-electron chi connectivity index (χ3n) is 11.4. The molecule has 10 aromatic rings. The van der Waals surface area contributed by atoms with Gasteiger partial charge in [-0.05, 0) is 96.1 Å². The predicted octanol–water partition coefficient (Wildman–Crippen LogP) is 11.1. The molecule has 6 aromatic heterocycles. The van der Waals surface area contributed by atoms with Gasteiger partial charge in [0, 0.05) is 78.7 Å². The first-order valence-electron chi connectivity index (χ1n) is 23.7. The third-order valence-corrected chi connectivity index (χ3v) is 12.0. The number of pyridine rings is 4. The zero-order chi connectivity index (χ0) is 53.5. The zero-order valence-electron chi connectivity index (χ0n) is 41.2. The molecule has 17 nitrogen and oxygen atoms in total. The minimum Gasteiger partial charge on any atom is -0.493 e. The van der Waals surface area contributed by atoms with Crippen molar-refractivity contribution in [1.29, 1.82) is 0 Å². The maximum Gasteiger partial charge on any atom is 0.258 e. The molecule has 0 radical (unpaired) electrons. The third kappa shape index (κ3) is 13.8. The van der Waals surface area contributed by atoms with Gasteiger partial charge in [0.1, 0.15) is 42.5 Å². The first-order valence-corrected chi connectivity index (χ1v) is 24.4. The molecule has 1 amide bonds. The molecule has 21 heteroatoms. The number of carbonyl (C=O) groups excluding carboxylic acids is 1. The maximum atomic E-state index is 13.6. The summed E-state index contributed by atoms with van der Waals surface area (Å²) in [4.78, 5) is 47.3. The standard InChI is InChI=1S/C28H22ClFN6O3.C28H24ClFN6O2/c1-38-25-12-24-19(28(35-16-34-24)36-18-6-7-21(30)20(29)10-18)11-26(25)39-15-27(37)33-14-17-5-8-23(32-13-17)22-4-2-3-9-31-22;1-37-26-14-25-20(28(35-17-34-25)36-19-6-7-22(30)21(29)12-19)13-27(26)38-11-10-31-15-18-5-8-24(33-16-18)23-4-2-3-9-32-23/h2-13,16H,14-15H2,1H3,(H,33,37)(H,34,35,36);2-9,12-14,16-17,31H,10-11,15H2,1H3,(H,34,35,36). The Bertz CT molecular complexity index is 3630. The van der Waals surface area contributed by atoms with E-state index < -0.39 is 11.6 Å². The normalized spacial score (nSPS) is 10.8. The second-order valence-electron chi connectivity index (χ2n) is 16.6. The molecule has 0 fully saturated rings. The van der Waals surface area contributed by atoms with E-state index >= 15 is 0 Å². The molecule has 0 saturated heterocycles. The lowest BCUT2D eigenvalue weighted by molar-refractivity contribution is -0.123. The van der Waals surface area contributed by atoms with Gasteiger partial charge in [0.25, 0.3) is 5.91 Å². The van der Waals surface area contributed by atoms with E-state index in [0.717, 1.165) is 39.3 Å². The number of hydrogen-bond donors (Lipinski definition) is 4. The van der Waals surface area contributed by atoms with E-state index in [0.29, 0.717) is 82.1 Å². The van der Waals surface area contributed by atoms with E-state index in [2.05, 4.69) is 61.1 Å². The van der Waals surface area contributed by atoms with Crippen molar-refractivity contribution in [2.75, 3.05) is 44.6 Å². The molecule has 77 heavy (non-hydrogen) atoms. The Labute approximate surface area is 450 Å². The minimum absolute atomic E-state index is 0.0185. The average Bonchev–Trinajstić information content (AvgIpc) is 3.47. The molecular weight excluding hydrogens is 1030 g/mol. The number of ether oxygens (including phenoxy) is 4. The van der Waals surface area contributed by atoms with Crippen LogP contribution in [0.5, 0.6) is 23.0 Å². The molecule has 0 bridgehead atoms. The van der Waals surface area contributed by atoms with Crippen LogP contribution in [0.4, 0.5) is 31.8 Å². The number of aromatic nitrogens is 8. The minimum atomic E-state index is -0.522. The van der Waals surface area contributed by atoms with Crippen LogP contribution in [0.2, 0.25) is 10.0 Å². The zero-order valence-corrected chi connectivity index (χ0v) is 42.7. The summed E-state index contributed by atoms with van der Waals surface area (Å²) in [5, 5.41) is 13.8. The first-order chi connectivity index (χ1) is 37.6. The van der Waals surface area contributed by atoms with E-state index in [1.54, 1.807) is 56.0 Å². The summed E-state index contributed by atoms with van der Waals surface area (Å²) in [6, 6.07) is 34.7. The fraction of sp³-hybridized carbons (Fsp3) is 0.125. The molecule has 10 rings (SSSR count). The number of anilines is 4. The summed E-state index contributed by atoms with van der Waals surface area (Å²) in [6.45, 7) is 1.70. The van der Waals surface area contributed by atoms with Crippen molar-refractivity contribution >= 4 is 73.9 Å². The van der Waals surface area contributed by atoms with Crippen molar-refractivity contribution in [2.45, 2.75) is 13.1 Å². The lowest BCUT2D eigenvalue weighted by Crippen LogP contribution is -2.28. The van der Waals surface area contributed by atoms with Crippen molar-refractivity contribution in [3.8, 4) is 45.8 Å². The summed E-state index contributed by atoms with van der Waals surface area (Å²) in [5.41, 5.74) is 7.48. The number of hydrogen-bond acceptors (Lipinski definition) is 16. The number of fused-ring (bicyclic) bond motifs is 2. The van der Waals surface area contributed by atoms with E-state index in [1.807, 2.05) is 72.9 Å². The van der Waals surface area contributed by atoms with Gasteiger partial charge in [-0.3, -0.25) is 24.7 Å². The molecule has 6 heterocycles. The molecule has 0 spiro atoms. The van der Waals surface area contributed by atoms with Gasteiger partial charge >= 0.3 is 0 Å². The molecule has 0 unspecified atom stereocenters. The number of rotatable bonds is 19. The van der Waals surface area contributed by atoms with Crippen LogP contribution in [-0.2, 0) is 17.9 Å². The average molecular weight is 1080 g/mol. The van der Waals surface area contributed by atoms with Gasteiger partial charge in [0.15, 0.2) is 29.6 Å². The molecular formula is C56H46Cl2F2N12O5. The number of nitrogens with zero attached hydrogens (tertiary/aromatic N) is 8. The van der Waals surface area contributed by atoms with Crippen LogP contribution in [-0.4, -0.2) is 79.8 Å². The molecule has 0 aliphatic heterocycles. The van der Waals surface area contributed by atoms with Crippen molar-refractivity contribution in [1.82, 2.24) is 50.5 Å². The van der Waals surface area contributed by atoms with Crippen LogP contribution in [0.3, 0.4) is 0 Å². The van der Waals surface area contributed by atoms with E-state index in [-0.39, 0.29) is 29.1 Å². The van der Waals surface area contributed by atoms with Gasteiger partial charge in [0.2, 0.25) is 0 Å². The second-order valence-corrected chi connectivity index (χ2v) is 17.4. The summed E-state index contributed by atoms with van der Waals surface area (Å²) in [7, 11) is 3.07. The lowest BCUT2D eigenvalue weighted by Gasteiger charge is -2.14. The number of carbonyl (C=O) groups is 1. The van der Waals surface area contributed by atoms with Gasteiger partial charge < -0.3 is 40.2 Å². The molecule has 0 atom stereocenters. The van der Waals surface area contributed by atoms with E-state index in [9.17, 15) is 13.6 Å². The SMILES string of the molecule is COc1cc2ncnc(Nc3ccc(F)c(Cl)c3)c2cc1OCC(=O)NCc1ccc(-c2ccccn2)nc1.COc1cc2ncnc(Nc3ccc(F)c(Cl)c3)c2cc1OCCNCc1ccc(-c2ccccn2)nc1. The fourth-order valence-corrected chi connectivity index (χ4v) is 7.90. The second kappa shape index (κ2) is 25.4. The summed E-state index contributed by atoms with van der Waals surface area (Å²) in [5.74, 6) is 1.48. The van der Waals surface area contributed by atoms with Crippen LogP contribution in [0, 0.1) is 11.6 Å². The first kappa shape index (κ1) is 52.7. The molecule has 388 valence electrons. The quantitative estimate of drug-likeness (QED) is 0.0556. The Morgan fingerprint density at radius 3 is 1.51 bits per heavy atom. The predicted molar refractivity (Wildman–Crippen MR) is 291 cm³/mol. The van der Waals surface area contributed by atoms with Crippen molar-refractivity contribution < 1.29 is 32.5 Å². The lowest BCUT2D eigenvalue weighted by atomic mass is 10.2. The number of methoxy groups -OCH3 is 2. The van der Waals surface area contributed by atoms with Gasteiger partial charge in [0.05, 0.1) is 58.1 Å². The highest BCUT2D eigenvalue weighted by Gasteiger charge is 2.16. The van der Waals surface area contributed by atoms with E-state index in [1.165, 1.54) is 44.0 Å². The summed E-state index contributed by atoms with van der Waals surface area (Å²) >= 11 is 11.8. The van der Waals surface area contributed by atoms with Gasteiger partial charge in [-0.15, -0.1) is 0 Å². The highest BCUT2D eigenvalue weighted by molar-refractivity contribution is 6.31. The number of amides is 1. The highest BCUT2D eigenvalue weighted by Crippen LogP contribution is 2.37. The van der Waals surface area contributed by atoms with Crippen molar-refractivity contribution in [3.63, 3.8) is 0 Å². The monoisotopic (exact) mass is 1070 g/mol. The van der Waals surface area contributed by atoms with Gasteiger partial charge in [-0.25, -0.2) is 28.7 Å². The van der Waals surface area contributed by atoms with Crippen molar-refractivity contribution in [2.24, 2.45) is 0 Å². The van der Waals surface area contributed by atoms with Crippen LogP contribution < -0.4 is 40.2 Å². The van der Waals surface area contributed by atoms with Crippen molar-refractivity contribution in [3.05, 3.63) is 192 Å². The van der Waals surface area contributed by atoms with Crippen LogP contribution in [0.25, 0.3) is 44.6 Å². The Kier molecular flexibility index (Phi) is 17.4. The summed E-state index contributed by atoms with van der Waals surface area (Å²) in [6.07, 6.45) is 9.83. The van der Waals surface area contributed by atoms with Crippen LogP contribution >= 0.6 is 23.2 Å². The molecule has 0 aliphatic rings. The summed E-state index contributed by atoms with van der Waals surface area (Å²) < 4.78 is 49.9. The Balaban J connectivity index is 0.000000188. The fourth-order valence-electron chi connectivity index (χ4n) is 7.54. The van der Waals surface area contributed by atoms with Crippen LogP contribution in [0.1, 0.15) is 11.1 Å². The molecule has 0 saturated carbocycles. The number of nitrogens with one attached hydrogen (secondary N) is 4. The molecule has 0 aliphatic carbocycles. The van der Waals surface area contributed by atoms with Gasteiger partial charge in [-0.2, -0.15) is 0 Å². The topological polar surface area (TPSA) is 205 Å². The Morgan fingerprint density at radius 2 is 1.04 bits per heavy atom. The Morgan fingerprint density at radius 1 is 0.532 bits per heavy atom. The molecule has 4 N–H and O–H groups in total. The highest BCUT2D eigenvalue weighted by atomic mass is 35.5.